The first-order valence-electron chi connectivity index (χ1n) is 5.38. The quantitative estimate of drug-likeness (QED) is 0.586. The summed E-state index contributed by atoms with van der Waals surface area (Å²) in [6.07, 6.45) is 3.34. The van der Waals surface area contributed by atoms with Gasteiger partial charge in [0.25, 0.3) is 0 Å². The van der Waals surface area contributed by atoms with Crippen LogP contribution in [-0.2, 0) is 0 Å². The fourth-order valence-electron chi connectivity index (χ4n) is 1.89. The maximum absolute atomic E-state index is 11.5. The summed E-state index contributed by atoms with van der Waals surface area (Å²) < 4.78 is 1.80. The minimum Gasteiger partial charge on any atom is -0.854 e. The molecule has 0 aliphatic carbocycles. The van der Waals surface area contributed by atoms with E-state index in [1.54, 1.807) is 4.40 Å². The first-order valence-corrected chi connectivity index (χ1v) is 5.38. The Labute approximate surface area is 98.6 Å². The molecule has 2 heterocycles. The van der Waals surface area contributed by atoms with Gasteiger partial charge in [-0.3, -0.25) is 4.98 Å². The zero-order valence-electron chi connectivity index (χ0n) is 9.08. The second kappa shape index (κ2) is 3.87. The maximum Gasteiger partial charge on any atom is 0.237 e. The van der Waals surface area contributed by atoms with Crippen molar-refractivity contribution < 1.29 is 9.51 Å². The third kappa shape index (κ3) is 1.72. The van der Waals surface area contributed by atoms with Crippen LogP contribution < -0.4 is 9.51 Å². The molecule has 0 spiro atoms. The average molecular weight is 222 g/mol. The van der Waals surface area contributed by atoms with Crippen LogP contribution in [0.3, 0.4) is 0 Å². The van der Waals surface area contributed by atoms with Gasteiger partial charge in [-0.1, -0.05) is 30.3 Å². The SMILES string of the molecule is [O-]c1c[n+]2ccccc2c(-c2ccccc2)n1. The van der Waals surface area contributed by atoms with Crippen LogP contribution in [0.15, 0.2) is 60.9 Å². The Morgan fingerprint density at radius 1 is 0.941 bits per heavy atom. The molecule has 0 saturated carbocycles. The van der Waals surface area contributed by atoms with Gasteiger partial charge in [-0.15, -0.1) is 0 Å². The van der Waals surface area contributed by atoms with Crippen LogP contribution in [0.1, 0.15) is 0 Å². The highest BCUT2D eigenvalue weighted by Gasteiger charge is 2.10. The molecule has 0 saturated heterocycles. The van der Waals surface area contributed by atoms with E-state index in [1.807, 2.05) is 54.7 Å². The smallest absolute Gasteiger partial charge is 0.237 e. The van der Waals surface area contributed by atoms with E-state index in [0.717, 1.165) is 16.8 Å². The van der Waals surface area contributed by atoms with Gasteiger partial charge < -0.3 is 5.11 Å². The molecule has 82 valence electrons. The standard InChI is InChI=1S/C14H10N2O/c17-13-10-16-9-5-4-8-12(16)14(15-13)11-6-2-1-3-7-11/h1-10H. The maximum atomic E-state index is 11.5. The van der Waals surface area contributed by atoms with Crippen LogP contribution in [0.4, 0.5) is 0 Å². The zero-order valence-corrected chi connectivity index (χ0v) is 9.08. The van der Waals surface area contributed by atoms with E-state index in [-0.39, 0.29) is 5.88 Å². The summed E-state index contributed by atoms with van der Waals surface area (Å²) in [5, 5.41) is 11.5. The largest absolute Gasteiger partial charge is 0.854 e. The summed E-state index contributed by atoms with van der Waals surface area (Å²) in [7, 11) is 0. The molecule has 0 radical (unpaired) electrons. The predicted molar refractivity (Wildman–Crippen MR) is 62.3 cm³/mol. The van der Waals surface area contributed by atoms with E-state index >= 15 is 0 Å². The first kappa shape index (κ1) is 9.78. The van der Waals surface area contributed by atoms with Gasteiger partial charge in [-0.05, 0) is 6.07 Å². The summed E-state index contributed by atoms with van der Waals surface area (Å²) in [5.74, 6) is -0.229. The third-order valence-corrected chi connectivity index (χ3v) is 2.65. The van der Waals surface area contributed by atoms with Crippen molar-refractivity contribution in [3.05, 3.63) is 60.9 Å². The lowest BCUT2D eigenvalue weighted by Gasteiger charge is -2.06. The second-order valence-electron chi connectivity index (χ2n) is 3.79. The van der Waals surface area contributed by atoms with Gasteiger partial charge in [0, 0.05) is 17.7 Å². The van der Waals surface area contributed by atoms with E-state index < -0.39 is 0 Å². The first-order chi connectivity index (χ1) is 8.34. The number of aromatic nitrogens is 2. The fourth-order valence-corrected chi connectivity index (χ4v) is 1.89. The van der Waals surface area contributed by atoms with Crippen molar-refractivity contribution in [1.29, 1.82) is 0 Å². The molecule has 0 aliphatic rings. The lowest BCUT2D eigenvalue weighted by atomic mass is 10.1. The van der Waals surface area contributed by atoms with Gasteiger partial charge in [0.2, 0.25) is 5.52 Å². The van der Waals surface area contributed by atoms with Crippen molar-refractivity contribution >= 4 is 5.52 Å². The molecule has 3 heteroatoms. The molecule has 0 fully saturated rings. The predicted octanol–water partition coefficient (Wildman–Crippen LogP) is 1.56. The number of hydrogen-bond donors (Lipinski definition) is 0. The monoisotopic (exact) mass is 222 g/mol. The molecule has 0 unspecified atom stereocenters. The topological polar surface area (TPSA) is 40.0 Å². The van der Waals surface area contributed by atoms with Crippen LogP contribution in [0.25, 0.3) is 16.8 Å². The molecule has 0 atom stereocenters. The number of hydrogen-bond acceptors (Lipinski definition) is 2. The van der Waals surface area contributed by atoms with Crippen molar-refractivity contribution in [2.45, 2.75) is 0 Å². The fraction of sp³-hybridized carbons (Fsp3) is 0. The van der Waals surface area contributed by atoms with E-state index in [2.05, 4.69) is 4.98 Å². The van der Waals surface area contributed by atoms with Crippen molar-refractivity contribution in [1.82, 2.24) is 4.98 Å². The molecular formula is C14H10N2O. The molecule has 17 heavy (non-hydrogen) atoms. The Balaban J connectivity index is 2.36. The van der Waals surface area contributed by atoms with Crippen LogP contribution in [0.5, 0.6) is 5.88 Å². The molecule has 0 amide bonds. The summed E-state index contributed by atoms with van der Waals surface area (Å²) in [4.78, 5) is 4.10. The van der Waals surface area contributed by atoms with E-state index in [9.17, 15) is 5.11 Å². The highest BCUT2D eigenvalue weighted by molar-refractivity contribution is 5.73. The molecule has 3 rings (SSSR count). The number of rotatable bonds is 1. The highest BCUT2D eigenvalue weighted by atomic mass is 16.3. The van der Waals surface area contributed by atoms with Gasteiger partial charge in [0.15, 0.2) is 12.4 Å². The molecule has 2 aromatic heterocycles. The molecule has 3 nitrogen and oxygen atoms in total. The Bertz CT molecular complexity index is 665. The number of nitrogens with zero attached hydrogens (tertiary/aromatic N) is 2. The molecule has 0 bridgehead atoms. The van der Waals surface area contributed by atoms with Crippen molar-refractivity contribution in [2.75, 3.05) is 0 Å². The number of pyridine rings is 1. The number of fused-ring (bicyclic) bond motifs is 1. The summed E-state index contributed by atoms with van der Waals surface area (Å²) in [6.45, 7) is 0. The Morgan fingerprint density at radius 2 is 1.71 bits per heavy atom. The van der Waals surface area contributed by atoms with Gasteiger partial charge in [-0.25, -0.2) is 0 Å². The Morgan fingerprint density at radius 3 is 2.53 bits per heavy atom. The van der Waals surface area contributed by atoms with Crippen molar-refractivity contribution in [3.63, 3.8) is 0 Å². The normalized spacial score (nSPS) is 10.6. The molecule has 3 aromatic rings. The van der Waals surface area contributed by atoms with Gasteiger partial charge in [0.1, 0.15) is 5.69 Å². The van der Waals surface area contributed by atoms with Crippen LogP contribution in [0, 0.1) is 0 Å². The van der Waals surface area contributed by atoms with E-state index in [4.69, 9.17) is 0 Å². The van der Waals surface area contributed by atoms with Crippen molar-refractivity contribution in [3.8, 4) is 17.1 Å². The molecule has 0 aliphatic heterocycles. The Hall–Kier alpha value is -2.42. The summed E-state index contributed by atoms with van der Waals surface area (Å²) in [6, 6.07) is 15.5. The molecule has 1 aromatic carbocycles. The van der Waals surface area contributed by atoms with E-state index in [0.29, 0.717) is 0 Å². The Kier molecular flexibility index (Phi) is 2.22. The van der Waals surface area contributed by atoms with E-state index in [1.165, 1.54) is 6.20 Å². The third-order valence-electron chi connectivity index (χ3n) is 2.65. The molecule has 0 N–H and O–H groups in total. The highest BCUT2D eigenvalue weighted by Crippen LogP contribution is 2.20. The van der Waals surface area contributed by atoms with Gasteiger partial charge >= 0.3 is 0 Å². The van der Waals surface area contributed by atoms with Gasteiger partial charge in [-0.2, -0.15) is 4.40 Å². The summed E-state index contributed by atoms with van der Waals surface area (Å²) in [5.41, 5.74) is 2.60. The lowest BCUT2D eigenvalue weighted by Crippen LogP contribution is -2.23. The minimum atomic E-state index is -0.229. The van der Waals surface area contributed by atoms with Crippen LogP contribution in [0.2, 0.25) is 0 Å². The van der Waals surface area contributed by atoms with Crippen LogP contribution in [-0.4, -0.2) is 4.98 Å². The van der Waals surface area contributed by atoms with Crippen LogP contribution >= 0.6 is 0 Å². The number of benzene rings is 1. The lowest BCUT2D eigenvalue weighted by molar-refractivity contribution is -0.518. The van der Waals surface area contributed by atoms with Crippen molar-refractivity contribution in [2.24, 2.45) is 0 Å². The minimum absolute atomic E-state index is 0.229. The van der Waals surface area contributed by atoms with Gasteiger partial charge in [0.05, 0.1) is 5.88 Å². The second-order valence-corrected chi connectivity index (χ2v) is 3.79. The summed E-state index contributed by atoms with van der Waals surface area (Å²) >= 11 is 0. The molecular weight excluding hydrogens is 212 g/mol. The zero-order chi connectivity index (χ0) is 11.7. The average Bonchev–Trinajstić information content (AvgIpc) is 2.39.